The lowest BCUT2D eigenvalue weighted by molar-refractivity contribution is 0.326. The summed E-state index contributed by atoms with van der Waals surface area (Å²) >= 11 is 5.46. The van der Waals surface area contributed by atoms with Gasteiger partial charge in [-0.1, -0.05) is 24.6 Å². The first-order valence-electron chi connectivity index (χ1n) is 6.07. The first kappa shape index (κ1) is 14.9. The predicted molar refractivity (Wildman–Crippen MR) is 75.5 cm³/mol. The zero-order chi connectivity index (χ0) is 13.2. The second-order valence-electron chi connectivity index (χ2n) is 3.83. The lowest BCUT2D eigenvalue weighted by Gasteiger charge is -2.11. The molecule has 0 saturated heterocycles. The molecule has 0 radical (unpaired) electrons. The van der Waals surface area contributed by atoms with E-state index in [1.54, 1.807) is 13.2 Å². The van der Waals surface area contributed by atoms with E-state index in [2.05, 4.69) is 12.2 Å². The van der Waals surface area contributed by atoms with Gasteiger partial charge < -0.3 is 14.8 Å². The van der Waals surface area contributed by atoms with Gasteiger partial charge in [0.05, 0.1) is 7.11 Å². The Hall–Kier alpha value is -1.19. The van der Waals surface area contributed by atoms with E-state index in [9.17, 15) is 0 Å². The van der Waals surface area contributed by atoms with E-state index in [1.807, 2.05) is 18.2 Å². The number of hydrogen-bond acceptors (Lipinski definition) is 3. The van der Waals surface area contributed by atoms with Crippen LogP contribution < -0.4 is 14.8 Å². The van der Waals surface area contributed by atoms with Crippen molar-refractivity contribution in [3.8, 4) is 11.5 Å². The van der Waals surface area contributed by atoms with Crippen molar-refractivity contribution in [2.75, 3.05) is 20.3 Å². The van der Waals surface area contributed by atoms with Crippen molar-refractivity contribution in [1.82, 2.24) is 5.32 Å². The summed E-state index contributed by atoms with van der Waals surface area (Å²) in [5, 5.41) is 3.35. The van der Waals surface area contributed by atoms with Crippen LogP contribution in [0.1, 0.15) is 18.9 Å². The van der Waals surface area contributed by atoms with Crippen molar-refractivity contribution in [1.29, 1.82) is 0 Å². The van der Waals surface area contributed by atoms with Crippen LogP contribution in [0, 0.1) is 0 Å². The minimum absolute atomic E-state index is 0.436. The fourth-order valence-electron chi connectivity index (χ4n) is 1.53. The topological polar surface area (TPSA) is 30.5 Å². The minimum Gasteiger partial charge on any atom is -0.493 e. The van der Waals surface area contributed by atoms with Crippen LogP contribution in [0.25, 0.3) is 0 Å². The number of rotatable bonds is 8. The Morgan fingerprint density at radius 3 is 2.83 bits per heavy atom. The van der Waals surface area contributed by atoms with Gasteiger partial charge in [0, 0.05) is 12.1 Å². The molecule has 1 aromatic rings. The summed E-state index contributed by atoms with van der Waals surface area (Å²) in [5.41, 5.74) is 2.62. The Morgan fingerprint density at radius 2 is 2.17 bits per heavy atom. The summed E-state index contributed by atoms with van der Waals surface area (Å²) in [6.07, 6.45) is 2.86. The van der Waals surface area contributed by atoms with Gasteiger partial charge in [-0.15, -0.1) is 0 Å². The van der Waals surface area contributed by atoms with Gasteiger partial charge in [0.1, 0.15) is 6.61 Å². The van der Waals surface area contributed by atoms with E-state index in [1.165, 1.54) is 11.1 Å². The first-order chi connectivity index (χ1) is 8.81. The van der Waals surface area contributed by atoms with Crippen molar-refractivity contribution in [3.63, 3.8) is 0 Å². The standard InChI is InChI=1S/C14H20ClNO2/c1-3-8-16-11-12-5-6-13(17-2)14(10-12)18-9-4-7-15/h4-7,10,16H,3,8-9,11H2,1-2H3/b7-4+. The third-order valence-corrected chi connectivity index (χ3v) is 2.59. The molecule has 1 aromatic carbocycles. The summed E-state index contributed by atoms with van der Waals surface area (Å²) in [7, 11) is 1.63. The van der Waals surface area contributed by atoms with Gasteiger partial charge in [-0.3, -0.25) is 0 Å². The molecule has 0 heterocycles. The van der Waals surface area contributed by atoms with Crippen molar-refractivity contribution in [2.45, 2.75) is 19.9 Å². The second-order valence-corrected chi connectivity index (χ2v) is 4.09. The molecular weight excluding hydrogens is 250 g/mol. The third-order valence-electron chi connectivity index (χ3n) is 2.41. The largest absolute Gasteiger partial charge is 0.493 e. The maximum atomic E-state index is 5.59. The fraction of sp³-hybridized carbons (Fsp3) is 0.429. The zero-order valence-corrected chi connectivity index (χ0v) is 11.7. The Morgan fingerprint density at radius 1 is 1.33 bits per heavy atom. The van der Waals surface area contributed by atoms with Crippen molar-refractivity contribution < 1.29 is 9.47 Å². The second kappa shape index (κ2) is 8.84. The van der Waals surface area contributed by atoms with E-state index >= 15 is 0 Å². The van der Waals surface area contributed by atoms with Gasteiger partial charge in [0.15, 0.2) is 11.5 Å². The van der Waals surface area contributed by atoms with Crippen LogP contribution in [0.5, 0.6) is 11.5 Å². The third kappa shape index (κ3) is 4.98. The van der Waals surface area contributed by atoms with Crippen LogP contribution in [0.3, 0.4) is 0 Å². The molecule has 1 rings (SSSR count). The van der Waals surface area contributed by atoms with Gasteiger partial charge >= 0.3 is 0 Å². The van der Waals surface area contributed by atoms with Gasteiger partial charge in [0.25, 0.3) is 0 Å². The molecular formula is C14H20ClNO2. The number of benzene rings is 1. The molecule has 0 aromatic heterocycles. The molecule has 0 spiro atoms. The number of methoxy groups -OCH3 is 1. The minimum atomic E-state index is 0.436. The fourth-order valence-corrected chi connectivity index (χ4v) is 1.60. The number of hydrogen-bond donors (Lipinski definition) is 1. The average molecular weight is 270 g/mol. The monoisotopic (exact) mass is 269 g/mol. The molecule has 0 aliphatic carbocycles. The maximum absolute atomic E-state index is 5.59. The van der Waals surface area contributed by atoms with Crippen molar-refractivity contribution >= 4 is 11.6 Å². The molecule has 0 bridgehead atoms. The summed E-state index contributed by atoms with van der Waals surface area (Å²) in [5.74, 6) is 1.47. The van der Waals surface area contributed by atoms with Crippen LogP contribution in [-0.4, -0.2) is 20.3 Å². The molecule has 0 amide bonds. The smallest absolute Gasteiger partial charge is 0.161 e. The van der Waals surface area contributed by atoms with Gasteiger partial charge in [-0.25, -0.2) is 0 Å². The lowest BCUT2D eigenvalue weighted by atomic mass is 10.2. The number of nitrogens with one attached hydrogen (secondary N) is 1. The van der Waals surface area contributed by atoms with Gasteiger partial charge in [0.2, 0.25) is 0 Å². The summed E-state index contributed by atoms with van der Waals surface area (Å²) < 4.78 is 10.8. The lowest BCUT2D eigenvalue weighted by Crippen LogP contribution is -2.13. The zero-order valence-electron chi connectivity index (χ0n) is 10.9. The van der Waals surface area contributed by atoms with Crippen LogP contribution in [0.2, 0.25) is 0 Å². The molecule has 0 unspecified atom stereocenters. The average Bonchev–Trinajstić information content (AvgIpc) is 2.40. The number of halogens is 1. The molecule has 0 saturated carbocycles. The number of ether oxygens (including phenoxy) is 2. The maximum Gasteiger partial charge on any atom is 0.161 e. The van der Waals surface area contributed by atoms with Crippen LogP contribution >= 0.6 is 11.6 Å². The summed E-state index contributed by atoms with van der Waals surface area (Å²) in [4.78, 5) is 0. The first-order valence-corrected chi connectivity index (χ1v) is 6.51. The molecule has 4 heteroatoms. The van der Waals surface area contributed by atoms with Gasteiger partial charge in [-0.05, 0) is 36.7 Å². The molecule has 18 heavy (non-hydrogen) atoms. The highest BCUT2D eigenvalue weighted by molar-refractivity contribution is 6.25. The highest BCUT2D eigenvalue weighted by Crippen LogP contribution is 2.28. The Labute approximate surface area is 114 Å². The Bertz CT molecular complexity index is 380. The van der Waals surface area contributed by atoms with E-state index < -0.39 is 0 Å². The van der Waals surface area contributed by atoms with Crippen LogP contribution in [0.15, 0.2) is 29.8 Å². The molecule has 0 atom stereocenters. The molecule has 1 N–H and O–H groups in total. The summed E-state index contributed by atoms with van der Waals surface area (Å²) in [6, 6.07) is 5.94. The molecule has 3 nitrogen and oxygen atoms in total. The van der Waals surface area contributed by atoms with E-state index in [-0.39, 0.29) is 0 Å². The van der Waals surface area contributed by atoms with Crippen molar-refractivity contribution in [3.05, 3.63) is 35.4 Å². The van der Waals surface area contributed by atoms with E-state index in [0.29, 0.717) is 6.61 Å². The predicted octanol–water partition coefficient (Wildman–Crippen LogP) is 3.33. The quantitative estimate of drug-likeness (QED) is 0.735. The molecule has 0 fully saturated rings. The summed E-state index contributed by atoms with van der Waals surface area (Å²) in [6.45, 7) is 4.43. The van der Waals surface area contributed by atoms with Crippen molar-refractivity contribution in [2.24, 2.45) is 0 Å². The molecule has 100 valence electrons. The normalized spacial score (nSPS) is 10.8. The molecule has 0 aliphatic rings. The Kier molecular flexibility index (Phi) is 7.30. The Balaban J connectivity index is 2.67. The highest BCUT2D eigenvalue weighted by Gasteiger charge is 2.05. The van der Waals surface area contributed by atoms with E-state index in [4.69, 9.17) is 21.1 Å². The van der Waals surface area contributed by atoms with Crippen LogP contribution in [0.4, 0.5) is 0 Å². The van der Waals surface area contributed by atoms with E-state index in [0.717, 1.165) is 31.0 Å². The van der Waals surface area contributed by atoms with Gasteiger partial charge in [-0.2, -0.15) is 0 Å². The highest BCUT2D eigenvalue weighted by atomic mass is 35.5. The van der Waals surface area contributed by atoms with Crippen LogP contribution in [-0.2, 0) is 6.54 Å². The molecule has 0 aliphatic heterocycles. The SMILES string of the molecule is CCCNCc1ccc(OC)c(OC/C=C/Cl)c1.